The van der Waals surface area contributed by atoms with Gasteiger partial charge in [0.25, 0.3) is 0 Å². The molecule has 1 rings (SSSR count). The topological polar surface area (TPSA) is 29.5 Å². The Hall–Kier alpha value is -0.570. The van der Waals surface area contributed by atoms with E-state index in [-0.39, 0.29) is 5.97 Å². The SMILES string of the molecule is CCOC(=O)CCCCCN(CCC(C)C)C1CCCC1. The number of hydrogen-bond acceptors (Lipinski definition) is 3. The average Bonchev–Trinajstić information content (AvgIpc) is 2.95. The predicted octanol–water partition coefficient (Wildman–Crippen LogP) is 4.40. The normalized spacial score (nSPS) is 16.0. The first-order chi connectivity index (χ1) is 10.1. The molecular weight excluding hydrogens is 262 g/mol. The van der Waals surface area contributed by atoms with E-state index >= 15 is 0 Å². The molecule has 0 aromatic carbocycles. The van der Waals surface area contributed by atoms with E-state index in [2.05, 4.69) is 18.7 Å². The van der Waals surface area contributed by atoms with E-state index in [0.717, 1.165) is 24.8 Å². The molecule has 0 aliphatic heterocycles. The van der Waals surface area contributed by atoms with E-state index in [1.807, 2.05) is 6.92 Å². The molecular formula is C18H35NO2. The van der Waals surface area contributed by atoms with Crippen LogP contribution in [0.15, 0.2) is 0 Å². The summed E-state index contributed by atoms with van der Waals surface area (Å²) in [6.45, 7) is 9.45. The minimum absolute atomic E-state index is 0.0371. The molecule has 0 radical (unpaired) electrons. The number of hydrogen-bond donors (Lipinski definition) is 0. The fraction of sp³-hybridized carbons (Fsp3) is 0.944. The second-order valence-corrected chi connectivity index (χ2v) is 6.77. The highest BCUT2D eigenvalue weighted by Gasteiger charge is 2.21. The Morgan fingerprint density at radius 3 is 2.48 bits per heavy atom. The lowest BCUT2D eigenvalue weighted by Gasteiger charge is -2.29. The zero-order chi connectivity index (χ0) is 15.5. The molecule has 1 fully saturated rings. The molecule has 0 aromatic rings. The van der Waals surface area contributed by atoms with Crippen LogP contribution >= 0.6 is 0 Å². The van der Waals surface area contributed by atoms with Gasteiger partial charge in [-0.2, -0.15) is 0 Å². The summed E-state index contributed by atoms with van der Waals surface area (Å²) in [7, 11) is 0. The second kappa shape index (κ2) is 11.1. The molecule has 21 heavy (non-hydrogen) atoms. The van der Waals surface area contributed by atoms with Gasteiger partial charge in [0.1, 0.15) is 0 Å². The van der Waals surface area contributed by atoms with E-state index in [4.69, 9.17) is 4.74 Å². The van der Waals surface area contributed by atoms with Crippen molar-refractivity contribution in [3.63, 3.8) is 0 Å². The molecule has 0 atom stereocenters. The summed E-state index contributed by atoms with van der Waals surface area (Å²) >= 11 is 0. The van der Waals surface area contributed by atoms with E-state index in [0.29, 0.717) is 13.0 Å². The molecule has 0 saturated heterocycles. The van der Waals surface area contributed by atoms with Gasteiger partial charge < -0.3 is 9.64 Å². The van der Waals surface area contributed by atoms with Gasteiger partial charge >= 0.3 is 5.97 Å². The van der Waals surface area contributed by atoms with Crippen LogP contribution in [0.2, 0.25) is 0 Å². The van der Waals surface area contributed by atoms with Crippen LogP contribution in [0.4, 0.5) is 0 Å². The summed E-state index contributed by atoms with van der Waals surface area (Å²) in [6.07, 6.45) is 10.8. The Morgan fingerprint density at radius 2 is 1.86 bits per heavy atom. The van der Waals surface area contributed by atoms with Crippen LogP contribution in [0.5, 0.6) is 0 Å². The molecule has 0 N–H and O–H groups in total. The number of esters is 1. The van der Waals surface area contributed by atoms with E-state index < -0.39 is 0 Å². The van der Waals surface area contributed by atoms with Crippen LogP contribution < -0.4 is 0 Å². The lowest BCUT2D eigenvalue weighted by molar-refractivity contribution is -0.143. The van der Waals surface area contributed by atoms with Crippen LogP contribution in [0.3, 0.4) is 0 Å². The van der Waals surface area contributed by atoms with Crippen LogP contribution in [-0.4, -0.2) is 36.6 Å². The van der Waals surface area contributed by atoms with Gasteiger partial charge in [-0.15, -0.1) is 0 Å². The fourth-order valence-corrected chi connectivity index (χ4v) is 3.16. The Balaban J connectivity index is 2.18. The Labute approximate surface area is 131 Å². The zero-order valence-corrected chi connectivity index (χ0v) is 14.4. The maximum Gasteiger partial charge on any atom is 0.305 e. The monoisotopic (exact) mass is 297 g/mol. The minimum Gasteiger partial charge on any atom is -0.466 e. The lowest BCUT2D eigenvalue weighted by Crippen LogP contribution is -2.35. The quantitative estimate of drug-likeness (QED) is 0.418. The highest BCUT2D eigenvalue weighted by Crippen LogP contribution is 2.24. The molecule has 3 nitrogen and oxygen atoms in total. The smallest absolute Gasteiger partial charge is 0.305 e. The molecule has 1 saturated carbocycles. The van der Waals surface area contributed by atoms with Crippen LogP contribution in [-0.2, 0) is 9.53 Å². The van der Waals surface area contributed by atoms with Gasteiger partial charge in [0.05, 0.1) is 6.61 Å². The number of carbonyl (C=O) groups is 1. The Morgan fingerprint density at radius 1 is 1.14 bits per heavy atom. The van der Waals surface area contributed by atoms with Crippen LogP contribution in [0.25, 0.3) is 0 Å². The van der Waals surface area contributed by atoms with E-state index in [9.17, 15) is 4.79 Å². The molecule has 0 bridgehead atoms. The summed E-state index contributed by atoms with van der Waals surface area (Å²) in [5, 5.41) is 0. The summed E-state index contributed by atoms with van der Waals surface area (Å²) < 4.78 is 4.97. The van der Waals surface area contributed by atoms with Crippen molar-refractivity contribution >= 4 is 5.97 Å². The third kappa shape index (κ3) is 8.45. The van der Waals surface area contributed by atoms with Gasteiger partial charge in [0.2, 0.25) is 0 Å². The first-order valence-electron chi connectivity index (χ1n) is 9.03. The van der Waals surface area contributed by atoms with E-state index in [1.165, 1.54) is 51.6 Å². The number of unbranched alkanes of at least 4 members (excludes halogenated alkanes) is 2. The van der Waals surface area contributed by atoms with Gasteiger partial charge in [0, 0.05) is 12.5 Å². The molecule has 0 heterocycles. The number of ether oxygens (including phenoxy) is 1. The standard InChI is InChI=1S/C18H35NO2/c1-4-21-18(20)12-6-5-9-14-19(15-13-16(2)3)17-10-7-8-11-17/h16-17H,4-15H2,1-3H3. The van der Waals surface area contributed by atoms with Crippen molar-refractivity contribution in [2.24, 2.45) is 5.92 Å². The predicted molar refractivity (Wildman–Crippen MR) is 88.4 cm³/mol. The number of carbonyl (C=O) groups excluding carboxylic acids is 1. The average molecular weight is 297 g/mol. The van der Waals surface area contributed by atoms with Crippen LogP contribution in [0, 0.1) is 5.92 Å². The largest absolute Gasteiger partial charge is 0.466 e. The van der Waals surface area contributed by atoms with Gasteiger partial charge in [-0.05, 0) is 58.0 Å². The van der Waals surface area contributed by atoms with Gasteiger partial charge in [0.15, 0.2) is 0 Å². The van der Waals surface area contributed by atoms with E-state index in [1.54, 1.807) is 0 Å². The van der Waals surface area contributed by atoms with Crippen molar-refractivity contribution in [2.75, 3.05) is 19.7 Å². The zero-order valence-electron chi connectivity index (χ0n) is 14.4. The Kier molecular flexibility index (Phi) is 9.73. The Bertz CT molecular complexity index is 272. The molecule has 124 valence electrons. The molecule has 3 heteroatoms. The molecule has 1 aliphatic rings. The minimum atomic E-state index is -0.0371. The van der Waals surface area contributed by atoms with Crippen molar-refractivity contribution in [1.82, 2.24) is 4.90 Å². The van der Waals surface area contributed by atoms with Crippen molar-refractivity contribution in [3.05, 3.63) is 0 Å². The highest BCUT2D eigenvalue weighted by atomic mass is 16.5. The molecule has 0 spiro atoms. The lowest BCUT2D eigenvalue weighted by atomic mass is 10.1. The molecule has 0 amide bonds. The van der Waals surface area contributed by atoms with Crippen LogP contribution in [0.1, 0.15) is 78.6 Å². The number of nitrogens with zero attached hydrogens (tertiary/aromatic N) is 1. The van der Waals surface area contributed by atoms with Crippen molar-refractivity contribution in [2.45, 2.75) is 84.6 Å². The summed E-state index contributed by atoms with van der Waals surface area (Å²) in [6, 6.07) is 0.828. The second-order valence-electron chi connectivity index (χ2n) is 6.77. The maximum absolute atomic E-state index is 11.3. The highest BCUT2D eigenvalue weighted by molar-refractivity contribution is 5.69. The van der Waals surface area contributed by atoms with Gasteiger partial charge in [-0.1, -0.05) is 33.1 Å². The third-order valence-corrected chi connectivity index (χ3v) is 4.47. The van der Waals surface area contributed by atoms with Crippen molar-refractivity contribution in [3.8, 4) is 0 Å². The maximum atomic E-state index is 11.3. The fourth-order valence-electron chi connectivity index (χ4n) is 3.16. The van der Waals surface area contributed by atoms with Gasteiger partial charge in [-0.25, -0.2) is 0 Å². The van der Waals surface area contributed by atoms with Crippen molar-refractivity contribution < 1.29 is 9.53 Å². The van der Waals surface area contributed by atoms with Gasteiger partial charge in [-0.3, -0.25) is 4.79 Å². The molecule has 0 unspecified atom stereocenters. The first-order valence-corrected chi connectivity index (χ1v) is 9.03. The molecule has 1 aliphatic carbocycles. The first kappa shape index (κ1) is 18.5. The summed E-state index contributed by atoms with van der Waals surface area (Å²) in [5.41, 5.74) is 0. The van der Waals surface area contributed by atoms with Crippen molar-refractivity contribution in [1.29, 1.82) is 0 Å². The summed E-state index contributed by atoms with van der Waals surface area (Å²) in [5.74, 6) is 0.752. The number of rotatable bonds is 11. The molecule has 0 aromatic heterocycles. The summed E-state index contributed by atoms with van der Waals surface area (Å²) in [4.78, 5) is 14.0. The third-order valence-electron chi connectivity index (χ3n) is 4.47.